The van der Waals surface area contributed by atoms with Gasteiger partial charge in [-0.15, -0.1) is 0 Å². The number of pyridine rings is 1. The number of hydrogen-bond donors (Lipinski definition) is 1. The van der Waals surface area contributed by atoms with Gasteiger partial charge in [0.15, 0.2) is 0 Å². The zero-order valence-corrected chi connectivity index (χ0v) is 12.9. The Bertz CT molecular complexity index is 576. The van der Waals surface area contributed by atoms with E-state index in [0.717, 1.165) is 22.2 Å². The fourth-order valence-electron chi connectivity index (χ4n) is 2.45. The predicted molar refractivity (Wildman–Crippen MR) is 82.4 cm³/mol. The summed E-state index contributed by atoms with van der Waals surface area (Å²) in [6, 6.07) is 6.25. The molecule has 2 rings (SSSR count). The number of halogens is 1. The van der Waals surface area contributed by atoms with E-state index < -0.39 is 0 Å². The van der Waals surface area contributed by atoms with Crippen LogP contribution in [0.2, 0.25) is 0 Å². The van der Waals surface area contributed by atoms with Gasteiger partial charge in [0.1, 0.15) is 0 Å². The van der Waals surface area contributed by atoms with Crippen molar-refractivity contribution in [2.45, 2.75) is 33.6 Å². The van der Waals surface area contributed by atoms with E-state index in [-0.39, 0.29) is 0 Å². The van der Waals surface area contributed by atoms with Gasteiger partial charge >= 0.3 is 0 Å². The van der Waals surface area contributed by atoms with Crippen molar-refractivity contribution < 1.29 is 0 Å². The van der Waals surface area contributed by atoms with Crippen molar-refractivity contribution in [1.29, 1.82) is 0 Å². The molecule has 0 aliphatic heterocycles. The number of nitrogens with one attached hydrogen (secondary N) is 1. The summed E-state index contributed by atoms with van der Waals surface area (Å²) in [6.45, 7) is 9.58. The molecule has 18 heavy (non-hydrogen) atoms. The molecule has 0 amide bonds. The van der Waals surface area contributed by atoms with E-state index in [9.17, 15) is 0 Å². The maximum absolute atomic E-state index is 4.72. The van der Waals surface area contributed by atoms with E-state index in [1.165, 1.54) is 16.6 Å². The number of anilines is 1. The second-order valence-electron chi connectivity index (χ2n) is 4.83. The lowest BCUT2D eigenvalue weighted by molar-refractivity contribution is 0.848. The van der Waals surface area contributed by atoms with Gasteiger partial charge in [-0.3, -0.25) is 4.98 Å². The Morgan fingerprint density at radius 1 is 1.33 bits per heavy atom. The lowest BCUT2D eigenvalue weighted by Gasteiger charge is -2.19. The SMILES string of the molecule is CCNc1c(C(C)C)c(C)nc2ccc(Br)cc12. The first-order valence-electron chi connectivity index (χ1n) is 6.38. The molecule has 96 valence electrons. The third-order valence-corrected chi connectivity index (χ3v) is 3.60. The summed E-state index contributed by atoms with van der Waals surface area (Å²) in [5.41, 5.74) is 4.73. The molecule has 0 aliphatic rings. The third-order valence-electron chi connectivity index (χ3n) is 3.11. The summed E-state index contributed by atoms with van der Waals surface area (Å²) < 4.78 is 1.09. The zero-order valence-electron chi connectivity index (χ0n) is 11.3. The van der Waals surface area contributed by atoms with Crippen LogP contribution < -0.4 is 5.32 Å². The summed E-state index contributed by atoms with van der Waals surface area (Å²) in [5, 5.41) is 4.70. The average Bonchev–Trinajstić information content (AvgIpc) is 2.30. The normalized spacial score (nSPS) is 11.2. The van der Waals surface area contributed by atoms with Crippen LogP contribution in [0.5, 0.6) is 0 Å². The van der Waals surface area contributed by atoms with Gasteiger partial charge in [-0.2, -0.15) is 0 Å². The van der Waals surface area contributed by atoms with Crippen molar-refractivity contribution in [1.82, 2.24) is 4.98 Å². The second-order valence-corrected chi connectivity index (χ2v) is 5.75. The first-order chi connectivity index (χ1) is 8.54. The lowest BCUT2D eigenvalue weighted by Crippen LogP contribution is -2.06. The van der Waals surface area contributed by atoms with E-state index in [1.54, 1.807) is 0 Å². The summed E-state index contributed by atoms with van der Waals surface area (Å²) in [5.74, 6) is 0.468. The standard InChI is InChI=1S/C15H19BrN2/c1-5-17-15-12-8-11(16)6-7-13(12)18-10(4)14(15)9(2)3/h6-9H,5H2,1-4H3,(H,17,18). The van der Waals surface area contributed by atoms with Crippen LogP contribution >= 0.6 is 15.9 Å². The number of hydrogen-bond acceptors (Lipinski definition) is 2. The van der Waals surface area contributed by atoms with Crippen LogP contribution in [-0.4, -0.2) is 11.5 Å². The maximum atomic E-state index is 4.72. The Labute approximate surface area is 117 Å². The minimum absolute atomic E-state index is 0.468. The van der Waals surface area contributed by atoms with Crippen molar-refractivity contribution in [2.75, 3.05) is 11.9 Å². The Balaban J connectivity index is 2.82. The van der Waals surface area contributed by atoms with Crippen LogP contribution in [-0.2, 0) is 0 Å². The minimum Gasteiger partial charge on any atom is -0.384 e. The molecule has 0 spiro atoms. The molecule has 1 aromatic carbocycles. The van der Waals surface area contributed by atoms with Gasteiger partial charge in [0.2, 0.25) is 0 Å². The number of aromatic nitrogens is 1. The molecule has 0 saturated carbocycles. The number of rotatable bonds is 3. The second kappa shape index (κ2) is 5.27. The van der Waals surface area contributed by atoms with E-state index in [2.05, 4.69) is 61.1 Å². The van der Waals surface area contributed by atoms with Gasteiger partial charge < -0.3 is 5.32 Å². The van der Waals surface area contributed by atoms with Crippen molar-refractivity contribution in [3.05, 3.63) is 33.9 Å². The van der Waals surface area contributed by atoms with E-state index in [0.29, 0.717) is 5.92 Å². The molecular weight excluding hydrogens is 288 g/mol. The molecular formula is C15H19BrN2. The first kappa shape index (κ1) is 13.3. The van der Waals surface area contributed by atoms with Gasteiger partial charge in [0, 0.05) is 27.8 Å². The van der Waals surface area contributed by atoms with E-state index in [1.807, 2.05) is 6.07 Å². The van der Waals surface area contributed by atoms with Crippen LogP contribution in [0.25, 0.3) is 10.9 Å². The van der Waals surface area contributed by atoms with Crippen LogP contribution in [0.15, 0.2) is 22.7 Å². The topological polar surface area (TPSA) is 24.9 Å². The van der Waals surface area contributed by atoms with Gasteiger partial charge in [-0.05, 0) is 43.5 Å². The van der Waals surface area contributed by atoms with Gasteiger partial charge in [-0.25, -0.2) is 0 Å². The minimum atomic E-state index is 0.468. The summed E-state index contributed by atoms with van der Waals surface area (Å²) in [7, 11) is 0. The van der Waals surface area contributed by atoms with Gasteiger partial charge in [0.25, 0.3) is 0 Å². The first-order valence-corrected chi connectivity index (χ1v) is 7.17. The highest BCUT2D eigenvalue weighted by molar-refractivity contribution is 9.10. The quantitative estimate of drug-likeness (QED) is 0.876. The largest absolute Gasteiger partial charge is 0.384 e. The molecule has 0 fully saturated rings. The molecule has 1 N–H and O–H groups in total. The van der Waals surface area contributed by atoms with Crippen LogP contribution in [0.3, 0.4) is 0 Å². The molecule has 2 nitrogen and oxygen atoms in total. The number of benzene rings is 1. The molecule has 0 radical (unpaired) electrons. The van der Waals surface area contributed by atoms with Crippen molar-refractivity contribution in [3.8, 4) is 0 Å². The summed E-state index contributed by atoms with van der Waals surface area (Å²) in [4.78, 5) is 4.72. The molecule has 3 heteroatoms. The van der Waals surface area contributed by atoms with Crippen LogP contribution in [0, 0.1) is 6.92 Å². The predicted octanol–water partition coefficient (Wildman–Crippen LogP) is 4.86. The monoisotopic (exact) mass is 306 g/mol. The Morgan fingerprint density at radius 2 is 2.06 bits per heavy atom. The van der Waals surface area contributed by atoms with Gasteiger partial charge in [-0.1, -0.05) is 29.8 Å². The number of nitrogens with zero attached hydrogens (tertiary/aromatic N) is 1. The molecule has 0 saturated heterocycles. The molecule has 0 bridgehead atoms. The van der Waals surface area contributed by atoms with Crippen molar-refractivity contribution in [3.63, 3.8) is 0 Å². The highest BCUT2D eigenvalue weighted by Crippen LogP contribution is 2.34. The Morgan fingerprint density at radius 3 is 2.67 bits per heavy atom. The third kappa shape index (κ3) is 2.37. The fourth-order valence-corrected chi connectivity index (χ4v) is 2.81. The van der Waals surface area contributed by atoms with E-state index in [4.69, 9.17) is 4.98 Å². The molecule has 1 aromatic heterocycles. The van der Waals surface area contributed by atoms with Crippen LogP contribution in [0.4, 0.5) is 5.69 Å². The van der Waals surface area contributed by atoms with E-state index >= 15 is 0 Å². The lowest BCUT2D eigenvalue weighted by atomic mass is 9.96. The molecule has 2 aromatic rings. The van der Waals surface area contributed by atoms with Crippen molar-refractivity contribution >= 4 is 32.5 Å². The average molecular weight is 307 g/mol. The molecule has 1 heterocycles. The maximum Gasteiger partial charge on any atom is 0.0726 e. The molecule has 0 unspecified atom stereocenters. The Kier molecular flexibility index (Phi) is 3.91. The van der Waals surface area contributed by atoms with Crippen molar-refractivity contribution in [2.24, 2.45) is 0 Å². The fraction of sp³-hybridized carbons (Fsp3) is 0.400. The molecule has 0 aliphatic carbocycles. The summed E-state index contributed by atoms with van der Waals surface area (Å²) in [6.07, 6.45) is 0. The summed E-state index contributed by atoms with van der Waals surface area (Å²) >= 11 is 3.54. The number of aryl methyl sites for hydroxylation is 1. The zero-order chi connectivity index (χ0) is 13.3. The highest BCUT2D eigenvalue weighted by atomic mass is 79.9. The van der Waals surface area contributed by atoms with Crippen LogP contribution in [0.1, 0.15) is 37.9 Å². The number of fused-ring (bicyclic) bond motifs is 1. The Hall–Kier alpha value is -1.09. The smallest absolute Gasteiger partial charge is 0.0726 e. The van der Waals surface area contributed by atoms with Gasteiger partial charge in [0.05, 0.1) is 5.52 Å². The highest BCUT2D eigenvalue weighted by Gasteiger charge is 2.15. The molecule has 0 atom stereocenters.